The standard InChI is InChI=1S/C17H22O2/c18-16-11-7-2-1-4-8-14(12-16)13-17(19)15-9-5-3-6-10-15/h3,5-6,9-10,14H,1-2,4,7-8,11-13H2. The summed E-state index contributed by atoms with van der Waals surface area (Å²) in [5.41, 5.74) is 0.773. The van der Waals surface area contributed by atoms with Gasteiger partial charge in [-0.3, -0.25) is 9.59 Å². The van der Waals surface area contributed by atoms with Crippen molar-refractivity contribution in [2.75, 3.05) is 0 Å². The highest BCUT2D eigenvalue weighted by atomic mass is 16.1. The van der Waals surface area contributed by atoms with Gasteiger partial charge in [0.1, 0.15) is 5.78 Å². The van der Waals surface area contributed by atoms with Gasteiger partial charge in [0.05, 0.1) is 0 Å². The lowest BCUT2D eigenvalue weighted by Gasteiger charge is -2.14. The fourth-order valence-corrected chi connectivity index (χ4v) is 2.81. The molecule has 0 heterocycles. The molecule has 0 aliphatic heterocycles. The summed E-state index contributed by atoms with van der Waals surface area (Å²) in [5, 5.41) is 0. The zero-order valence-electron chi connectivity index (χ0n) is 11.4. The molecule has 0 amide bonds. The number of benzene rings is 1. The summed E-state index contributed by atoms with van der Waals surface area (Å²) in [6, 6.07) is 9.42. The molecule has 19 heavy (non-hydrogen) atoms. The van der Waals surface area contributed by atoms with E-state index in [0.29, 0.717) is 25.0 Å². The Morgan fingerprint density at radius 1 is 1.05 bits per heavy atom. The summed E-state index contributed by atoms with van der Waals surface area (Å²) in [5.74, 6) is 0.767. The van der Waals surface area contributed by atoms with Crippen molar-refractivity contribution in [3.05, 3.63) is 35.9 Å². The molecule has 1 saturated carbocycles. The van der Waals surface area contributed by atoms with Crippen molar-refractivity contribution in [3.8, 4) is 0 Å². The van der Waals surface area contributed by atoms with Crippen LogP contribution in [0.3, 0.4) is 0 Å². The van der Waals surface area contributed by atoms with E-state index in [0.717, 1.165) is 31.2 Å². The minimum Gasteiger partial charge on any atom is -0.300 e. The van der Waals surface area contributed by atoms with Crippen molar-refractivity contribution in [2.45, 2.75) is 51.4 Å². The minimum absolute atomic E-state index is 0.178. The molecule has 2 nitrogen and oxygen atoms in total. The van der Waals surface area contributed by atoms with Gasteiger partial charge in [-0.05, 0) is 18.8 Å². The van der Waals surface area contributed by atoms with Crippen LogP contribution in [-0.4, -0.2) is 11.6 Å². The van der Waals surface area contributed by atoms with Crippen molar-refractivity contribution in [2.24, 2.45) is 5.92 Å². The summed E-state index contributed by atoms with van der Waals surface area (Å²) < 4.78 is 0. The van der Waals surface area contributed by atoms with Crippen molar-refractivity contribution in [1.82, 2.24) is 0 Å². The zero-order chi connectivity index (χ0) is 13.5. The molecule has 2 rings (SSSR count). The maximum Gasteiger partial charge on any atom is 0.163 e. The first-order chi connectivity index (χ1) is 9.25. The maximum atomic E-state index is 12.2. The fourth-order valence-electron chi connectivity index (χ4n) is 2.81. The Morgan fingerprint density at radius 2 is 1.79 bits per heavy atom. The van der Waals surface area contributed by atoms with Gasteiger partial charge in [-0.1, -0.05) is 49.6 Å². The topological polar surface area (TPSA) is 34.1 Å². The second-order valence-corrected chi connectivity index (χ2v) is 5.56. The fraction of sp³-hybridized carbons (Fsp3) is 0.529. The van der Waals surface area contributed by atoms with E-state index in [9.17, 15) is 9.59 Å². The van der Waals surface area contributed by atoms with Crippen LogP contribution in [0.4, 0.5) is 0 Å². The van der Waals surface area contributed by atoms with Gasteiger partial charge < -0.3 is 0 Å². The first-order valence-electron chi connectivity index (χ1n) is 7.35. The van der Waals surface area contributed by atoms with Crippen LogP contribution < -0.4 is 0 Å². The average Bonchev–Trinajstić information content (AvgIpc) is 2.52. The molecule has 0 spiro atoms. The molecule has 0 radical (unpaired) electrons. The number of carbonyl (C=O) groups is 2. The van der Waals surface area contributed by atoms with Crippen LogP contribution in [-0.2, 0) is 4.79 Å². The molecule has 1 unspecified atom stereocenters. The van der Waals surface area contributed by atoms with Crippen LogP contribution in [0.25, 0.3) is 0 Å². The molecule has 0 bridgehead atoms. The second-order valence-electron chi connectivity index (χ2n) is 5.56. The number of Topliss-reactive ketones (excluding diaryl/α,β-unsaturated/α-hetero) is 2. The molecule has 2 heteroatoms. The zero-order valence-corrected chi connectivity index (χ0v) is 11.4. The van der Waals surface area contributed by atoms with Crippen molar-refractivity contribution < 1.29 is 9.59 Å². The van der Waals surface area contributed by atoms with E-state index in [1.165, 1.54) is 6.42 Å². The monoisotopic (exact) mass is 258 g/mol. The van der Waals surface area contributed by atoms with Gasteiger partial charge in [-0.15, -0.1) is 0 Å². The molecule has 102 valence electrons. The SMILES string of the molecule is O=C1CCCCCCC(CC(=O)c2ccccc2)C1. The lowest BCUT2D eigenvalue weighted by atomic mass is 9.89. The van der Waals surface area contributed by atoms with Gasteiger partial charge in [0.25, 0.3) is 0 Å². The molecule has 0 aromatic heterocycles. The smallest absolute Gasteiger partial charge is 0.163 e. The minimum atomic E-state index is 0.178. The number of carbonyl (C=O) groups excluding carboxylic acids is 2. The predicted octanol–water partition coefficient (Wildman–Crippen LogP) is 4.19. The predicted molar refractivity (Wildman–Crippen MR) is 76.2 cm³/mol. The Kier molecular flexibility index (Phi) is 5.31. The Morgan fingerprint density at radius 3 is 2.58 bits per heavy atom. The normalized spacial score (nSPS) is 21.3. The van der Waals surface area contributed by atoms with Crippen LogP contribution in [0.1, 0.15) is 61.7 Å². The third-order valence-electron chi connectivity index (χ3n) is 3.90. The van der Waals surface area contributed by atoms with Crippen LogP contribution in [0.2, 0.25) is 0 Å². The van der Waals surface area contributed by atoms with Crippen LogP contribution in [0, 0.1) is 5.92 Å². The molecule has 0 N–H and O–H groups in total. The van der Waals surface area contributed by atoms with E-state index in [4.69, 9.17) is 0 Å². The molecular weight excluding hydrogens is 236 g/mol. The molecule has 1 atom stereocenters. The lowest BCUT2D eigenvalue weighted by Crippen LogP contribution is -2.13. The molecule has 0 saturated heterocycles. The summed E-state index contributed by atoms with van der Waals surface area (Å²) >= 11 is 0. The molecule has 1 aromatic carbocycles. The summed E-state index contributed by atoms with van der Waals surface area (Å²) in [6.07, 6.45) is 7.38. The first-order valence-corrected chi connectivity index (χ1v) is 7.35. The van der Waals surface area contributed by atoms with Crippen molar-refractivity contribution >= 4 is 11.6 Å². The Bertz CT molecular complexity index is 422. The van der Waals surface area contributed by atoms with Gasteiger partial charge >= 0.3 is 0 Å². The van der Waals surface area contributed by atoms with E-state index in [-0.39, 0.29) is 11.7 Å². The summed E-state index contributed by atoms with van der Waals surface area (Å²) in [6.45, 7) is 0. The highest BCUT2D eigenvalue weighted by molar-refractivity contribution is 5.96. The van der Waals surface area contributed by atoms with Gasteiger partial charge in [-0.25, -0.2) is 0 Å². The quantitative estimate of drug-likeness (QED) is 0.762. The van der Waals surface area contributed by atoms with E-state index >= 15 is 0 Å². The van der Waals surface area contributed by atoms with Gasteiger partial charge in [0.2, 0.25) is 0 Å². The second kappa shape index (κ2) is 7.22. The summed E-state index contributed by atoms with van der Waals surface area (Å²) in [7, 11) is 0. The highest BCUT2D eigenvalue weighted by Gasteiger charge is 2.19. The number of hydrogen-bond acceptors (Lipinski definition) is 2. The van der Waals surface area contributed by atoms with Gasteiger partial charge in [0.15, 0.2) is 5.78 Å². The molecule has 1 fully saturated rings. The lowest BCUT2D eigenvalue weighted by molar-refractivity contribution is -0.120. The molecule has 1 aliphatic carbocycles. The van der Waals surface area contributed by atoms with E-state index in [1.54, 1.807) is 0 Å². The van der Waals surface area contributed by atoms with E-state index in [1.807, 2.05) is 30.3 Å². The van der Waals surface area contributed by atoms with Gasteiger partial charge in [0, 0.05) is 24.8 Å². The number of rotatable bonds is 3. The first kappa shape index (κ1) is 14.0. The van der Waals surface area contributed by atoms with E-state index < -0.39 is 0 Å². The third kappa shape index (κ3) is 4.62. The van der Waals surface area contributed by atoms with Crippen LogP contribution >= 0.6 is 0 Å². The van der Waals surface area contributed by atoms with E-state index in [2.05, 4.69) is 0 Å². The molecule has 1 aromatic rings. The Labute approximate surface area is 115 Å². The largest absolute Gasteiger partial charge is 0.300 e. The third-order valence-corrected chi connectivity index (χ3v) is 3.90. The average molecular weight is 258 g/mol. The molecule has 1 aliphatic rings. The Balaban J connectivity index is 1.95. The molecular formula is C17H22O2. The van der Waals surface area contributed by atoms with Gasteiger partial charge in [-0.2, -0.15) is 0 Å². The number of hydrogen-bond donors (Lipinski definition) is 0. The highest BCUT2D eigenvalue weighted by Crippen LogP contribution is 2.24. The Hall–Kier alpha value is -1.44. The van der Waals surface area contributed by atoms with Crippen molar-refractivity contribution in [1.29, 1.82) is 0 Å². The number of ketones is 2. The van der Waals surface area contributed by atoms with Crippen LogP contribution in [0.15, 0.2) is 30.3 Å². The summed E-state index contributed by atoms with van der Waals surface area (Å²) in [4.78, 5) is 24.0. The maximum absolute atomic E-state index is 12.2. The van der Waals surface area contributed by atoms with Crippen molar-refractivity contribution in [3.63, 3.8) is 0 Å². The van der Waals surface area contributed by atoms with Crippen LogP contribution in [0.5, 0.6) is 0 Å².